The molecule has 0 amide bonds. The van der Waals surface area contributed by atoms with E-state index in [0.717, 1.165) is 0 Å². The summed E-state index contributed by atoms with van der Waals surface area (Å²) >= 11 is 0. The molecule has 0 atom stereocenters. The molecular formula is C11H11FN2O2. The number of aliphatic hydroxyl groups excluding tert-OH is 1. The van der Waals surface area contributed by atoms with Crippen LogP contribution in [0.15, 0.2) is 30.6 Å². The van der Waals surface area contributed by atoms with Gasteiger partial charge in [0.25, 0.3) is 0 Å². The SMILES string of the molecule is Cn1cc(Oc2ccc(F)cc2CO)cn1. The molecule has 16 heavy (non-hydrogen) atoms. The van der Waals surface area contributed by atoms with E-state index in [-0.39, 0.29) is 6.61 Å². The Hall–Kier alpha value is -1.88. The Morgan fingerprint density at radius 2 is 2.31 bits per heavy atom. The number of hydrogen-bond donors (Lipinski definition) is 1. The fraction of sp³-hybridized carbons (Fsp3) is 0.182. The first-order chi connectivity index (χ1) is 7.69. The molecule has 0 spiro atoms. The molecule has 1 aromatic carbocycles. The van der Waals surface area contributed by atoms with Crippen LogP contribution in [0.3, 0.4) is 0 Å². The lowest BCUT2D eigenvalue weighted by Crippen LogP contribution is -1.92. The Kier molecular flexibility index (Phi) is 2.87. The molecule has 0 aliphatic heterocycles. The highest BCUT2D eigenvalue weighted by Gasteiger charge is 2.06. The average Bonchev–Trinajstić information content (AvgIpc) is 2.67. The van der Waals surface area contributed by atoms with Crippen molar-refractivity contribution >= 4 is 0 Å². The van der Waals surface area contributed by atoms with E-state index >= 15 is 0 Å². The second kappa shape index (κ2) is 4.32. The Bertz CT molecular complexity index is 496. The van der Waals surface area contributed by atoms with Crippen molar-refractivity contribution in [1.82, 2.24) is 9.78 Å². The molecule has 1 aromatic heterocycles. The third-order valence-corrected chi connectivity index (χ3v) is 2.10. The summed E-state index contributed by atoms with van der Waals surface area (Å²) in [7, 11) is 1.77. The summed E-state index contributed by atoms with van der Waals surface area (Å²) < 4.78 is 20.0. The van der Waals surface area contributed by atoms with Gasteiger partial charge in [-0.2, -0.15) is 5.10 Å². The normalized spacial score (nSPS) is 10.4. The van der Waals surface area contributed by atoms with Crippen LogP contribution in [0.2, 0.25) is 0 Å². The molecule has 1 heterocycles. The molecule has 5 heteroatoms. The van der Waals surface area contributed by atoms with Crippen LogP contribution >= 0.6 is 0 Å². The molecule has 0 unspecified atom stereocenters. The lowest BCUT2D eigenvalue weighted by atomic mass is 10.2. The smallest absolute Gasteiger partial charge is 0.165 e. The third-order valence-electron chi connectivity index (χ3n) is 2.10. The van der Waals surface area contributed by atoms with Crippen LogP contribution < -0.4 is 4.74 Å². The van der Waals surface area contributed by atoms with Crippen LogP contribution in [0.4, 0.5) is 4.39 Å². The monoisotopic (exact) mass is 222 g/mol. The summed E-state index contributed by atoms with van der Waals surface area (Å²) in [5.74, 6) is 0.572. The van der Waals surface area contributed by atoms with Gasteiger partial charge in [-0.15, -0.1) is 0 Å². The number of halogens is 1. The first kappa shape index (κ1) is 10.6. The Morgan fingerprint density at radius 3 is 2.94 bits per heavy atom. The fourth-order valence-corrected chi connectivity index (χ4v) is 1.35. The number of aromatic nitrogens is 2. The van der Waals surface area contributed by atoms with Crippen molar-refractivity contribution in [3.63, 3.8) is 0 Å². The average molecular weight is 222 g/mol. The molecular weight excluding hydrogens is 211 g/mol. The van der Waals surface area contributed by atoms with Crippen LogP contribution in [-0.2, 0) is 13.7 Å². The summed E-state index contributed by atoms with van der Waals surface area (Å²) in [5, 5.41) is 13.0. The maximum atomic E-state index is 12.9. The van der Waals surface area contributed by atoms with Crippen LogP contribution in [0.25, 0.3) is 0 Å². The maximum Gasteiger partial charge on any atom is 0.165 e. The minimum atomic E-state index is -0.400. The maximum absolute atomic E-state index is 12.9. The Balaban J connectivity index is 2.27. The second-order valence-corrected chi connectivity index (χ2v) is 3.36. The number of aryl methyl sites for hydroxylation is 1. The van der Waals surface area contributed by atoms with Crippen molar-refractivity contribution in [2.75, 3.05) is 0 Å². The molecule has 0 fully saturated rings. The predicted molar refractivity (Wildman–Crippen MR) is 55.6 cm³/mol. The van der Waals surface area contributed by atoms with Gasteiger partial charge in [0, 0.05) is 12.6 Å². The number of aliphatic hydroxyl groups is 1. The van der Waals surface area contributed by atoms with Gasteiger partial charge in [0.1, 0.15) is 11.6 Å². The van der Waals surface area contributed by atoms with E-state index in [4.69, 9.17) is 9.84 Å². The molecule has 2 aromatic rings. The van der Waals surface area contributed by atoms with E-state index in [2.05, 4.69) is 5.10 Å². The fourth-order valence-electron chi connectivity index (χ4n) is 1.35. The van der Waals surface area contributed by atoms with Gasteiger partial charge < -0.3 is 9.84 Å². The molecule has 0 radical (unpaired) electrons. The van der Waals surface area contributed by atoms with E-state index in [1.807, 2.05) is 0 Å². The van der Waals surface area contributed by atoms with Crippen molar-refractivity contribution in [2.45, 2.75) is 6.61 Å². The zero-order valence-electron chi connectivity index (χ0n) is 8.72. The minimum absolute atomic E-state index is 0.270. The Morgan fingerprint density at radius 1 is 1.50 bits per heavy atom. The minimum Gasteiger partial charge on any atom is -0.454 e. The standard InChI is InChI=1S/C11H11FN2O2/c1-14-6-10(5-13-14)16-11-3-2-9(12)4-8(11)7-15/h2-6,15H,7H2,1H3. The predicted octanol–water partition coefficient (Wildman–Crippen LogP) is 1.84. The lowest BCUT2D eigenvalue weighted by molar-refractivity contribution is 0.276. The first-order valence-electron chi connectivity index (χ1n) is 4.75. The van der Waals surface area contributed by atoms with E-state index < -0.39 is 5.82 Å². The molecule has 2 rings (SSSR count). The number of benzene rings is 1. The van der Waals surface area contributed by atoms with Crippen LogP contribution in [0, 0.1) is 5.82 Å². The third kappa shape index (κ3) is 2.20. The van der Waals surface area contributed by atoms with Gasteiger partial charge in [0.15, 0.2) is 5.75 Å². The topological polar surface area (TPSA) is 47.3 Å². The molecule has 0 saturated carbocycles. The summed E-state index contributed by atoms with van der Waals surface area (Å²) in [6.07, 6.45) is 3.23. The van der Waals surface area contributed by atoms with Crippen molar-refractivity contribution in [3.8, 4) is 11.5 Å². The van der Waals surface area contributed by atoms with Crippen molar-refractivity contribution in [1.29, 1.82) is 0 Å². The number of hydrogen-bond acceptors (Lipinski definition) is 3. The van der Waals surface area contributed by atoms with E-state index in [9.17, 15) is 4.39 Å². The highest BCUT2D eigenvalue weighted by Crippen LogP contribution is 2.25. The molecule has 84 valence electrons. The Labute approximate surface area is 91.9 Å². The summed E-state index contributed by atoms with van der Waals surface area (Å²) in [5.41, 5.74) is 0.406. The zero-order chi connectivity index (χ0) is 11.5. The van der Waals surface area contributed by atoms with Gasteiger partial charge in [-0.25, -0.2) is 4.39 Å². The van der Waals surface area contributed by atoms with E-state index in [0.29, 0.717) is 17.1 Å². The van der Waals surface area contributed by atoms with Crippen molar-refractivity contribution < 1.29 is 14.2 Å². The molecule has 1 N–H and O–H groups in total. The molecule has 0 aliphatic carbocycles. The van der Waals surface area contributed by atoms with Crippen LogP contribution in [0.5, 0.6) is 11.5 Å². The molecule has 0 aliphatic rings. The number of nitrogens with zero attached hydrogens (tertiary/aromatic N) is 2. The number of ether oxygens (including phenoxy) is 1. The first-order valence-corrected chi connectivity index (χ1v) is 4.75. The van der Waals surface area contributed by atoms with Gasteiger partial charge in [-0.05, 0) is 18.2 Å². The zero-order valence-corrected chi connectivity index (χ0v) is 8.72. The summed E-state index contributed by atoms with van der Waals surface area (Å²) in [6, 6.07) is 4.00. The van der Waals surface area contributed by atoms with Crippen LogP contribution in [0.1, 0.15) is 5.56 Å². The van der Waals surface area contributed by atoms with Gasteiger partial charge in [-0.1, -0.05) is 0 Å². The van der Waals surface area contributed by atoms with Crippen molar-refractivity contribution in [2.24, 2.45) is 7.05 Å². The van der Waals surface area contributed by atoms with Gasteiger partial charge in [-0.3, -0.25) is 4.68 Å². The van der Waals surface area contributed by atoms with E-state index in [1.165, 1.54) is 18.2 Å². The quantitative estimate of drug-likeness (QED) is 0.862. The largest absolute Gasteiger partial charge is 0.454 e. The summed E-state index contributed by atoms with van der Waals surface area (Å²) in [4.78, 5) is 0. The van der Waals surface area contributed by atoms with Gasteiger partial charge >= 0.3 is 0 Å². The second-order valence-electron chi connectivity index (χ2n) is 3.36. The molecule has 0 saturated heterocycles. The highest BCUT2D eigenvalue weighted by atomic mass is 19.1. The lowest BCUT2D eigenvalue weighted by Gasteiger charge is -2.07. The highest BCUT2D eigenvalue weighted by molar-refractivity contribution is 5.36. The molecule has 4 nitrogen and oxygen atoms in total. The molecule has 0 bridgehead atoms. The van der Waals surface area contributed by atoms with E-state index in [1.54, 1.807) is 24.1 Å². The number of rotatable bonds is 3. The van der Waals surface area contributed by atoms with Crippen LogP contribution in [-0.4, -0.2) is 14.9 Å². The summed E-state index contributed by atoms with van der Waals surface area (Å²) in [6.45, 7) is -0.270. The van der Waals surface area contributed by atoms with Crippen molar-refractivity contribution in [3.05, 3.63) is 42.0 Å². The van der Waals surface area contributed by atoms with Gasteiger partial charge in [0.2, 0.25) is 0 Å². The van der Waals surface area contributed by atoms with Gasteiger partial charge in [0.05, 0.1) is 19.0 Å².